The molecule has 0 bridgehead atoms. The smallest absolute Gasteiger partial charge is 0.283 e. The van der Waals surface area contributed by atoms with Gasteiger partial charge in [-0.25, -0.2) is 4.99 Å². The minimum absolute atomic E-state index is 0.0949. The zero-order valence-corrected chi connectivity index (χ0v) is 4.57. The molecule has 0 unspecified atom stereocenters. The summed E-state index contributed by atoms with van der Waals surface area (Å²) in [5, 5.41) is 12.6. The molecule has 1 N–H and O–H groups in total. The van der Waals surface area contributed by atoms with E-state index in [1.165, 1.54) is 12.5 Å². The van der Waals surface area contributed by atoms with E-state index in [0.29, 0.717) is 0 Å². The molecule has 0 fully saturated rings. The molecule has 0 atom stereocenters. The fourth-order valence-electron chi connectivity index (χ4n) is 0.484. The first-order chi connectivity index (χ1) is 4.30. The van der Waals surface area contributed by atoms with Gasteiger partial charge in [-0.15, -0.1) is 0 Å². The second-order valence-corrected chi connectivity index (χ2v) is 1.54. The van der Waals surface area contributed by atoms with Gasteiger partial charge in [-0.3, -0.25) is 10.1 Å². The first-order valence-corrected chi connectivity index (χ1v) is 2.39. The predicted octanol–water partition coefficient (Wildman–Crippen LogP) is -0.264. The topological polar surface area (TPSA) is 67.5 Å². The van der Waals surface area contributed by atoms with E-state index in [1.54, 1.807) is 0 Å². The molecule has 9 heavy (non-hydrogen) atoms. The summed E-state index contributed by atoms with van der Waals surface area (Å²) >= 11 is 0. The molecule has 0 aromatic rings. The van der Waals surface area contributed by atoms with Crippen LogP contribution in [0.25, 0.3) is 0 Å². The Morgan fingerprint density at radius 2 is 2.67 bits per heavy atom. The molecule has 0 saturated heterocycles. The third-order valence-electron chi connectivity index (χ3n) is 0.907. The first kappa shape index (κ1) is 5.74. The Kier molecular flexibility index (Phi) is 1.44. The maximum atomic E-state index is 9.98. The largest absolute Gasteiger partial charge is 0.366 e. The maximum absolute atomic E-state index is 9.98. The molecular formula is C4H5N3O2. The summed E-state index contributed by atoms with van der Waals surface area (Å²) in [6.07, 6.45) is 2.66. The lowest BCUT2D eigenvalue weighted by Crippen LogP contribution is -2.21. The van der Waals surface area contributed by atoms with Crippen LogP contribution in [0.3, 0.4) is 0 Å². The summed E-state index contributed by atoms with van der Waals surface area (Å²) in [6, 6.07) is 0. The van der Waals surface area contributed by atoms with Gasteiger partial charge in [0, 0.05) is 0 Å². The van der Waals surface area contributed by atoms with Gasteiger partial charge in [-0.1, -0.05) is 0 Å². The van der Waals surface area contributed by atoms with Crippen LogP contribution in [0.4, 0.5) is 0 Å². The maximum Gasteiger partial charge on any atom is 0.283 e. The van der Waals surface area contributed by atoms with Crippen LogP contribution in [-0.2, 0) is 0 Å². The second-order valence-electron chi connectivity index (χ2n) is 1.54. The highest BCUT2D eigenvalue weighted by Gasteiger charge is 2.09. The summed E-state index contributed by atoms with van der Waals surface area (Å²) < 4.78 is 0. The highest BCUT2D eigenvalue weighted by molar-refractivity contribution is 5.57. The van der Waals surface area contributed by atoms with Crippen molar-refractivity contribution in [2.45, 2.75) is 0 Å². The number of nitrogens with one attached hydrogen (secondary N) is 1. The van der Waals surface area contributed by atoms with Crippen molar-refractivity contribution in [3.05, 3.63) is 22.0 Å². The second kappa shape index (κ2) is 2.25. The number of rotatable bonds is 1. The van der Waals surface area contributed by atoms with Crippen LogP contribution < -0.4 is 5.32 Å². The average Bonchev–Trinajstić information content (AvgIpc) is 1.90. The fraction of sp³-hybridized carbons (Fsp3) is 0.250. The molecule has 0 aromatic carbocycles. The number of aliphatic imine (C=N–C) groups is 1. The predicted molar refractivity (Wildman–Crippen MR) is 31.6 cm³/mol. The Hall–Kier alpha value is -1.39. The fourth-order valence-corrected chi connectivity index (χ4v) is 0.484. The molecule has 1 heterocycles. The SMILES string of the molecule is O=[N+]([O-])C1=CN=CNC1. The van der Waals surface area contributed by atoms with Gasteiger partial charge in [0.25, 0.3) is 5.70 Å². The average molecular weight is 127 g/mol. The Morgan fingerprint density at radius 3 is 3.00 bits per heavy atom. The summed E-state index contributed by atoms with van der Waals surface area (Å²) in [5.74, 6) is 0. The zero-order chi connectivity index (χ0) is 6.69. The summed E-state index contributed by atoms with van der Waals surface area (Å²) in [7, 11) is 0. The lowest BCUT2D eigenvalue weighted by atomic mass is 10.4. The van der Waals surface area contributed by atoms with E-state index in [4.69, 9.17) is 0 Å². The zero-order valence-electron chi connectivity index (χ0n) is 4.57. The molecule has 0 aliphatic carbocycles. The van der Waals surface area contributed by atoms with E-state index in [9.17, 15) is 10.1 Å². The van der Waals surface area contributed by atoms with E-state index < -0.39 is 4.92 Å². The van der Waals surface area contributed by atoms with E-state index in [2.05, 4.69) is 10.3 Å². The van der Waals surface area contributed by atoms with Crippen LogP contribution >= 0.6 is 0 Å². The van der Waals surface area contributed by atoms with Crippen molar-refractivity contribution in [3.63, 3.8) is 0 Å². The molecule has 1 aliphatic heterocycles. The van der Waals surface area contributed by atoms with Gasteiger partial charge >= 0.3 is 0 Å². The molecule has 0 saturated carbocycles. The van der Waals surface area contributed by atoms with Crippen molar-refractivity contribution < 1.29 is 4.92 Å². The van der Waals surface area contributed by atoms with Crippen LogP contribution in [0.2, 0.25) is 0 Å². The Labute approximate surface area is 51.2 Å². The minimum atomic E-state index is -0.455. The van der Waals surface area contributed by atoms with Crippen molar-refractivity contribution in [2.24, 2.45) is 4.99 Å². The molecule has 0 aromatic heterocycles. The third kappa shape index (κ3) is 1.25. The first-order valence-electron chi connectivity index (χ1n) is 2.39. The van der Waals surface area contributed by atoms with E-state index in [1.807, 2.05) is 0 Å². The molecule has 5 nitrogen and oxygen atoms in total. The Bertz CT molecular complexity index is 184. The third-order valence-corrected chi connectivity index (χ3v) is 0.907. The highest BCUT2D eigenvalue weighted by Crippen LogP contribution is 1.95. The van der Waals surface area contributed by atoms with Gasteiger partial charge in [0.1, 0.15) is 12.7 Å². The summed E-state index contributed by atoms with van der Waals surface area (Å²) in [4.78, 5) is 13.1. The van der Waals surface area contributed by atoms with Crippen molar-refractivity contribution in [1.29, 1.82) is 0 Å². The van der Waals surface area contributed by atoms with Gasteiger partial charge in [-0.05, 0) is 0 Å². The number of hydrogen-bond acceptors (Lipinski definition) is 4. The molecular weight excluding hydrogens is 122 g/mol. The monoisotopic (exact) mass is 127 g/mol. The molecule has 5 heteroatoms. The van der Waals surface area contributed by atoms with Gasteiger partial charge < -0.3 is 5.32 Å². The minimum Gasteiger partial charge on any atom is -0.366 e. The van der Waals surface area contributed by atoms with Crippen LogP contribution in [0, 0.1) is 10.1 Å². The van der Waals surface area contributed by atoms with Gasteiger partial charge in [0.15, 0.2) is 0 Å². The normalized spacial score (nSPS) is 16.2. The number of hydrogen-bond donors (Lipinski definition) is 1. The van der Waals surface area contributed by atoms with Crippen LogP contribution in [0.15, 0.2) is 16.9 Å². The Balaban J connectivity index is 2.68. The standard InChI is InChI=1S/C4H5N3O2/c8-7(9)4-1-5-3-6-2-4/h1,3H,2H2,(H,5,6). The van der Waals surface area contributed by atoms with Crippen molar-refractivity contribution in [2.75, 3.05) is 6.54 Å². The quantitative estimate of drug-likeness (QED) is 0.389. The van der Waals surface area contributed by atoms with Crippen LogP contribution in [0.1, 0.15) is 0 Å². The van der Waals surface area contributed by atoms with E-state index in [-0.39, 0.29) is 12.2 Å². The van der Waals surface area contributed by atoms with Crippen molar-refractivity contribution in [3.8, 4) is 0 Å². The van der Waals surface area contributed by atoms with E-state index in [0.717, 1.165) is 0 Å². The lowest BCUT2D eigenvalue weighted by molar-refractivity contribution is -0.426. The highest BCUT2D eigenvalue weighted by atomic mass is 16.6. The summed E-state index contributed by atoms with van der Waals surface area (Å²) in [6.45, 7) is 0.260. The Morgan fingerprint density at radius 1 is 1.89 bits per heavy atom. The molecule has 0 radical (unpaired) electrons. The van der Waals surface area contributed by atoms with Crippen LogP contribution in [0.5, 0.6) is 0 Å². The van der Waals surface area contributed by atoms with Gasteiger partial charge in [0.05, 0.1) is 11.3 Å². The van der Waals surface area contributed by atoms with Gasteiger partial charge in [0.2, 0.25) is 0 Å². The van der Waals surface area contributed by atoms with Gasteiger partial charge in [-0.2, -0.15) is 0 Å². The van der Waals surface area contributed by atoms with Crippen LogP contribution in [-0.4, -0.2) is 17.8 Å². The summed E-state index contributed by atoms with van der Waals surface area (Å²) in [5.41, 5.74) is 0.0949. The molecule has 1 aliphatic rings. The lowest BCUT2D eigenvalue weighted by Gasteiger charge is -1.99. The number of nitro groups is 1. The molecule has 0 amide bonds. The number of nitrogens with zero attached hydrogens (tertiary/aromatic N) is 2. The molecule has 0 spiro atoms. The van der Waals surface area contributed by atoms with Crippen molar-refractivity contribution in [1.82, 2.24) is 5.32 Å². The van der Waals surface area contributed by atoms with Crippen molar-refractivity contribution >= 4 is 6.34 Å². The molecule has 48 valence electrons. The molecule has 1 rings (SSSR count). The van der Waals surface area contributed by atoms with E-state index >= 15 is 0 Å².